The van der Waals surface area contributed by atoms with Crippen LogP contribution < -0.4 is 11.1 Å². The van der Waals surface area contributed by atoms with Gasteiger partial charge in [-0.15, -0.1) is 0 Å². The van der Waals surface area contributed by atoms with Gasteiger partial charge in [0.15, 0.2) is 6.10 Å². The number of esters is 1. The molecule has 0 saturated carbocycles. The van der Waals surface area contributed by atoms with Gasteiger partial charge < -0.3 is 10.5 Å². The van der Waals surface area contributed by atoms with E-state index in [2.05, 4.69) is 0 Å². The first kappa shape index (κ1) is 19.1. The summed E-state index contributed by atoms with van der Waals surface area (Å²) in [6, 6.07) is 5.54. The van der Waals surface area contributed by atoms with Crippen LogP contribution in [0.2, 0.25) is 0 Å². The molecule has 138 valence electrons. The number of ether oxygens (including phenoxy) is 1. The Hall–Kier alpha value is -3.23. The number of benzene rings is 1. The maximum atomic E-state index is 12.4. The Morgan fingerprint density at radius 1 is 1.23 bits per heavy atom. The highest BCUT2D eigenvalue weighted by Gasteiger charge is 2.34. The molecule has 1 heterocycles. The number of nitrogens with two attached hydrogens (primary N) is 1. The fourth-order valence-electron chi connectivity index (χ4n) is 2.55. The highest BCUT2D eigenvalue weighted by atomic mass is 16.5. The van der Waals surface area contributed by atoms with Gasteiger partial charge >= 0.3 is 12.0 Å². The van der Waals surface area contributed by atoms with Gasteiger partial charge in [0.05, 0.1) is 6.42 Å². The smallest absolute Gasteiger partial charge is 0.327 e. The first-order valence-electron chi connectivity index (χ1n) is 7.93. The van der Waals surface area contributed by atoms with E-state index in [1.54, 1.807) is 38.1 Å². The van der Waals surface area contributed by atoms with Gasteiger partial charge in [-0.3, -0.25) is 29.4 Å². The number of hydrogen-bond acceptors (Lipinski definition) is 6. The van der Waals surface area contributed by atoms with Crippen molar-refractivity contribution in [2.45, 2.75) is 26.4 Å². The average Bonchev–Trinajstić information content (AvgIpc) is 2.55. The number of imide groups is 2. The summed E-state index contributed by atoms with van der Waals surface area (Å²) in [6.07, 6.45) is -1.29. The van der Waals surface area contributed by atoms with E-state index < -0.39 is 48.3 Å². The number of nitrogens with zero attached hydrogens (tertiary/aromatic N) is 1. The zero-order valence-electron chi connectivity index (χ0n) is 14.4. The molecule has 1 aromatic carbocycles. The molecule has 1 aliphatic rings. The molecule has 3 N–H and O–H groups in total. The highest BCUT2D eigenvalue weighted by Crippen LogP contribution is 2.19. The van der Waals surface area contributed by atoms with Gasteiger partial charge in [-0.2, -0.15) is 0 Å². The zero-order valence-corrected chi connectivity index (χ0v) is 14.4. The molecule has 1 atom stereocenters. The molecule has 9 nitrogen and oxygen atoms in total. The fourth-order valence-corrected chi connectivity index (χ4v) is 2.55. The number of carbonyl (C=O) groups is 5. The summed E-state index contributed by atoms with van der Waals surface area (Å²) in [6.45, 7) is 2.58. The van der Waals surface area contributed by atoms with Crippen molar-refractivity contribution in [3.8, 4) is 0 Å². The largest absolute Gasteiger partial charge is 0.451 e. The molecule has 5 amide bonds. The van der Waals surface area contributed by atoms with Gasteiger partial charge in [0.25, 0.3) is 11.8 Å². The third-order valence-electron chi connectivity index (χ3n) is 3.79. The van der Waals surface area contributed by atoms with E-state index in [9.17, 15) is 24.0 Å². The van der Waals surface area contributed by atoms with E-state index in [0.717, 1.165) is 4.90 Å². The molecule has 26 heavy (non-hydrogen) atoms. The van der Waals surface area contributed by atoms with Crippen LogP contribution in [0.4, 0.5) is 4.79 Å². The molecule has 0 aromatic heterocycles. The van der Waals surface area contributed by atoms with Gasteiger partial charge in [0.1, 0.15) is 6.54 Å². The van der Waals surface area contributed by atoms with E-state index in [-0.39, 0.29) is 6.42 Å². The lowest BCUT2D eigenvalue weighted by Crippen LogP contribution is -2.49. The maximum Gasteiger partial charge on any atom is 0.327 e. The normalized spacial score (nSPS) is 14.7. The number of nitrogens with one attached hydrogen (secondary N) is 1. The highest BCUT2D eigenvalue weighted by molar-refractivity contribution is 6.11. The Morgan fingerprint density at radius 2 is 1.88 bits per heavy atom. The Labute approximate surface area is 149 Å². The predicted molar refractivity (Wildman–Crippen MR) is 88.6 cm³/mol. The van der Waals surface area contributed by atoms with Crippen molar-refractivity contribution in [3.05, 3.63) is 35.4 Å². The molecule has 9 heteroatoms. The Kier molecular flexibility index (Phi) is 5.71. The molecular formula is C17H19N3O6. The minimum atomic E-state index is -1.28. The first-order chi connectivity index (χ1) is 12.2. The van der Waals surface area contributed by atoms with Gasteiger partial charge in [-0.1, -0.05) is 32.0 Å². The van der Waals surface area contributed by atoms with Gasteiger partial charge in [-0.25, -0.2) is 4.79 Å². The van der Waals surface area contributed by atoms with E-state index >= 15 is 0 Å². The van der Waals surface area contributed by atoms with Crippen molar-refractivity contribution >= 4 is 29.7 Å². The number of fused-ring (bicyclic) bond motifs is 1. The molecule has 1 aromatic rings. The third-order valence-corrected chi connectivity index (χ3v) is 3.79. The lowest BCUT2D eigenvalue weighted by atomic mass is 9.98. The molecule has 0 fully saturated rings. The van der Waals surface area contributed by atoms with Crippen molar-refractivity contribution < 1.29 is 28.7 Å². The van der Waals surface area contributed by atoms with Crippen molar-refractivity contribution in [3.63, 3.8) is 0 Å². The number of urea groups is 1. The van der Waals surface area contributed by atoms with Gasteiger partial charge in [-0.05, 0) is 17.5 Å². The molecule has 0 saturated heterocycles. The quantitative estimate of drug-likeness (QED) is 0.558. The second-order valence-electron chi connectivity index (χ2n) is 6.13. The third kappa shape index (κ3) is 4.24. The van der Waals surface area contributed by atoms with E-state index in [1.807, 2.05) is 5.32 Å². The molecule has 1 aliphatic heterocycles. The van der Waals surface area contributed by atoms with Crippen LogP contribution in [0.5, 0.6) is 0 Å². The molecule has 0 radical (unpaired) electrons. The summed E-state index contributed by atoms with van der Waals surface area (Å²) < 4.78 is 5.06. The fraction of sp³-hybridized carbons (Fsp3) is 0.353. The standard InChI is InChI=1S/C17H19N3O6/c1-9(2)14(15(23)19-17(18)25)26-13(22)8-20-12(21)7-10-5-3-4-6-11(10)16(20)24/h3-6,9,14H,7-8H2,1-2H3,(H3,18,19,23,25)/t14-/m0/s1. The summed E-state index contributed by atoms with van der Waals surface area (Å²) >= 11 is 0. The maximum absolute atomic E-state index is 12.4. The van der Waals surface area contributed by atoms with Gasteiger partial charge in [0, 0.05) is 5.56 Å². The van der Waals surface area contributed by atoms with Crippen molar-refractivity contribution in [1.29, 1.82) is 0 Å². The summed E-state index contributed by atoms with van der Waals surface area (Å²) in [5.74, 6) is -3.40. The van der Waals surface area contributed by atoms with E-state index in [4.69, 9.17) is 10.5 Å². The van der Waals surface area contributed by atoms with Crippen molar-refractivity contribution in [2.75, 3.05) is 6.54 Å². The summed E-state index contributed by atoms with van der Waals surface area (Å²) in [4.78, 5) is 60.2. The molecule has 0 unspecified atom stereocenters. The van der Waals surface area contributed by atoms with Crippen LogP contribution >= 0.6 is 0 Å². The Balaban J connectivity index is 2.09. The topological polar surface area (TPSA) is 136 Å². The van der Waals surface area contributed by atoms with E-state index in [0.29, 0.717) is 11.1 Å². The number of hydrogen-bond donors (Lipinski definition) is 2. The monoisotopic (exact) mass is 361 g/mol. The van der Waals surface area contributed by atoms with E-state index in [1.165, 1.54) is 0 Å². The van der Waals surface area contributed by atoms with Crippen LogP contribution in [0.25, 0.3) is 0 Å². The average molecular weight is 361 g/mol. The van der Waals surface area contributed by atoms with Crippen LogP contribution in [0, 0.1) is 5.92 Å². The first-order valence-corrected chi connectivity index (χ1v) is 7.93. The summed E-state index contributed by atoms with van der Waals surface area (Å²) in [7, 11) is 0. The van der Waals surface area contributed by atoms with Crippen LogP contribution in [0.1, 0.15) is 29.8 Å². The van der Waals surface area contributed by atoms with Crippen LogP contribution in [-0.4, -0.2) is 47.3 Å². The van der Waals surface area contributed by atoms with Crippen LogP contribution in [-0.2, 0) is 25.5 Å². The Bertz CT molecular complexity index is 774. The number of rotatable bonds is 5. The van der Waals surface area contributed by atoms with Crippen LogP contribution in [0.3, 0.4) is 0 Å². The lowest BCUT2D eigenvalue weighted by Gasteiger charge is -2.27. The SMILES string of the molecule is CC(C)[C@H](OC(=O)CN1C(=O)Cc2ccccc2C1=O)C(=O)NC(N)=O. The number of primary amides is 1. The van der Waals surface area contributed by atoms with Gasteiger partial charge in [0.2, 0.25) is 5.91 Å². The number of amides is 5. The second kappa shape index (κ2) is 7.77. The second-order valence-corrected chi connectivity index (χ2v) is 6.13. The molecule has 0 spiro atoms. The minimum Gasteiger partial charge on any atom is -0.451 e. The van der Waals surface area contributed by atoms with Crippen LogP contribution in [0.15, 0.2) is 24.3 Å². The summed E-state index contributed by atoms with van der Waals surface area (Å²) in [5, 5.41) is 1.84. The Morgan fingerprint density at radius 3 is 2.50 bits per heavy atom. The lowest BCUT2D eigenvalue weighted by molar-refractivity contribution is -0.160. The zero-order chi connectivity index (χ0) is 19.4. The molecular weight excluding hydrogens is 342 g/mol. The van der Waals surface area contributed by atoms with Crippen molar-refractivity contribution in [2.24, 2.45) is 11.7 Å². The van der Waals surface area contributed by atoms with Crippen molar-refractivity contribution in [1.82, 2.24) is 10.2 Å². The minimum absolute atomic E-state index is 0.00896. The summed E-state index contributed by atoms with van der Waals surface area (Å²) in [5.41, 5.74) is 5.81. The molecule has 0 bridgehead atoms. The molecule has 2 rings (SSSR count). The molecule has 0 aliphatic carbocycles. The predicted octanol–water partition coefficient (Wildman–Crippen LogP) is -0.0258. The number of carbonyl (C=O) groups excluding carboxylic acids is 5.